The van der Waals surface area contributed by atoms with E-state index in [1.807, 2.05) is 30.3 Å². The molecule has 0 bridgehead atoms. The zero-order valence-electron chi connectivity index (χ0n) is 12.6. The number of methoxy groups -OCH3 is 1. The van der Waals surface area contributed by atoms with Crippen molar-refractivity contribution < 1.29 is 18.7 Å². The molecule has 22 heavy (non-hydrogen) atoms. The summed E-state index contributed by atoms with van der Waals surface area (Å²) in [4.78, 5) is 12.0. The second-order valence-corrected chi connectivity index (χ2v) is 4.44. The van der Waals surface area contributed by atoms with Gasteiger partial charge in [-0.05, 0) is 48.9 Å². The minimum atomic E-state index is -0.385. The highest BCUT2D eigenvalue weighted by molar-refractivity contribution is 5.97. The van der Waals surface area contributed by atoms with Crippen molar-refractivity contribution in [1.29, 1.82) is 0 Å². The Hall–Kier alpha value is -2.75. The Morgan fingerprint density at radius 3 is 2.59 bits per heavy atom. The van der Waals surface area contributed by atoms with Gasteiger partial charge in [-0.25, -0.2) is 4.79 Å². The maximum absolute atomic E-state index is 12.0. The highest BCUT2D eigenvalue weighted by atomic mass is 16.5. The summed E-state index contributed by atoms with van der Waals surface area (Å²) in [5.41, 5.74) is 1.38. The summed E-state index contributed by atoms with van der Waals surface area (Å²) in [5, 5.41) is 0. The molecule has 1 heterocycles. The molecule has 0 aliphatic carbocycles. The van der Waals surface area contributed by atoms with Crippen molar-refractivity contribution in [1.82, 2.24) is 0 Å². The summed E-state index contributed by atoms with van der Waals surface area (Å²) >= 11 is 0. The van der Waals surface area contributed by atoms with Crippen molar-refractivity contribution in [3.05, 3.63) is 65.6 Å². The van der Waals surface area contributed by atoms with Crippen LogP contribution in [-0.4, -0.2) is 19.7 Å². The smallest absolute Gasteiger partial charge is 0.338 e. The summed E-state index contributed by atoms with van der Waals surface area (Å²) in [6.45, 7) is 2.10. The van der Waals surface area contributed by atoms with Crippen LogP contribution in [0.15, 0.2) is 58.7 Å². The first-order valence-corrected chi connectivity index (χ1v) is 6.97. The third-order valence-electron chi connectivity index (χ3n) is 2.92. The SMILES string of the molecule is CCOC(=O)C(/C=C/c1ccc(OC)cc1)=C/c1ccco1. The lowest BCUT2D eigenvalue weighted by Crippen LogP contribution is -2.05. The van der Waals surface area contributed by atoms with E-state index in [-0.39, 0.29) is 5.97 Å². The molecule has 114 valence electrons. The molecule has 2 rings (SSSR count). The predicted molar refractivity (Wildman–Crippen MR) is 85.3 cm³/mol. The molecule has 0 spiro atoms. The van der Waals surface area contributed by atoms with Crippen molar-refractivity contribution in [2.45, 2.75) is 6.92 Å². The molecule has 0 amide bonds. The first-order valence-electron chi connectivity index (χ1n) is 6.97. The van der Waals surface area contributed by atoms with E-state index in [9.17, 15) is 4.79 Å². The molecule has 0 N–H and O–H groups in total. The number of benzene rings is 1. The fourth-order valence-electron chi connectivity index (χ4n) is 1.82. The van der Waals surface area contributed by atoms with E-state index in [4.69, 9.17) is 13.9 Å². The first kappa shape index (κ1) is 15.6. The van der Waals surface area contributed by atoms with Gasteiger partial charge in [0.1, 0.15) is 11.5 Å². The van der Waals surface area contributed by atoms with Crippen LogP contribution in [0.3, 0.4) is 0 Å². The fourth-order valence-corrected chi connectivity index (χ4v) is 1.82. The summed E-state index contributed by atoms with van der Waals surface area (Å²) in [5.74, 6) is 1.000. The average Bonchev–Trinajstić information content (AvgIpc) is 3.05. The van der Waals surface area contributed by atoms with E-state index in [1.54, 1.807) is 44.6 Å². The molecule has 4 heteroatoms. The van der Waals surface area contributed by atoms with Crippen molar-refractivity contribution in [2.24, 2.45) is 0 Å². The number of rotatable bonds is 6. The Labute approximate surface area is 129 Å². The maximum atomic E-state index is 12.0. The predicted octanol–water partition coefficient (Wildman–Crippen LogP) is 3.95. The van der Waals surface area contributed by atoms with Crippen LogP contribution in [0.5, 0.6) is 5.75 Å². The van der Waals surface area contributed by atoms with Crippen LogP contribution < -0.4 is 4.74 Å². The van der Waals surface area contributed by atoms with Crippen LogP contribution in [0.2, 0.25) is 0 Å². The van der Waals surface area contributed by atoms with Gasteiger partial charge in [-0.15, -0.1) is 0 Å². The molecule has 1 aromatic heterocycles. The van der Waals surface area contributed by atoms with Crippen molar-refractivity contribution in [2.75, 3.05) is 13.7 Å². The van der Waals surface area contributed by atoms with Crippen LogP contribution in [0.4, 0.5) is 0 Å². The van der Waals surface area contributed by atoms with Gasteiger partial charge in [0.05, 0.1) is 25.6 Å². The van der Waals surface area contributed by atoms with Crippen molar-refractivity contribution in [3.63, 3.8) is 0 Å². The molecule has 0 aliphatic heterocycles. The number of carbonyl (C=O) groups excluding carboxylic acids is 1. The Morgan fingerprint density at radius 2 is 2.00 bits per heavy atom. The van der Waals surface area contributed by atoms with Crippen LogP contribution in [0.1, 0.15) is 18.2 Å². The molecule has 0 fully saturated rings. The van der Waals surface area contributed by atoms with Crippen molar-refractivity contribution in [3.8, 4) is 5.75 Å². The fraction of sp³-hybridized carbons (Fsp3) is 0.167. The largest absolute Gasteiger partial charge is 0.497 e. The molecule has 4 nitrogen and oxygen atoms in total. The Balaban J connectivity index is 2.21. The van der Waals surface area contributed by atoms with Crippen molar-refractivity contribution >= 4 is 18.1 Å². The quantitative estimate of drug-likeness (QED) is 0.460. The minimum Gasteiger partial charge on any atom is -0.497 e. The van der Waals surface area contributed by atoms with Crippen LogP contribution in [0, 0.1) is 0 Å². The zero-order valence-corrected chi connectivity index (χ0v) is 12.6. The highest BCUT2D eigenvalue weighted by Gasteiger charge is 2.08. The second kappa shape index (κ2) is 7.88. The van der Waals surface area contributed by atoms with Gasteiger partial charge in [-0.2, -0.15) is 0 Å². The minimum absolute atomic E-state index is 0.324. The van der Waals surface area contributed by atoms with Crippen LogP contribution >= 0.6 is 0 Å². The van der Waals surface area contributed by atoms with E-state index >= 15 is 0 Å². The third-order valence-corrected chi connectivity index (χ3v) is 2.92. The molecular formula is C18H18O4. The normalized spacial score (nSPS) is 11.6. The number of carbonyl (C=O) groups is 1. The lowest BCUT2D eigenvalue weighted by atomic mass is 10.1. The Kier molecular flexibility index (Phi) is 5.60. The number of furan rings is 1. The number of hydrogen-bond acceptors (Lipinski definition) is 4. The van der Waals surface area contributed by atoms with Gasteiger partial charge in [0, 0.05) is 0 Å². The molecule has 0 saturated carbocycles. The number of esters is 1. The number of hydrogen-bond donors (Lipinski definition) is 0. The summed E-state index contributed by atoms with van der Waals surface area (Å²) in [6.07, 6.45) is 6.76. The average molecular weight is 298 g/mol. The highest BCUT2D eigenvalue weighted by Crippen LogP contribution is 2.15. The molecule has 0 unspecified atom stereocenters. The topological polar surface area (TPSA) is 48.7 Å². The van der Waals surface area contributed by atoms with Gasteiger partial charge in [0.15, 0.2) is 0 Å². The molecular weight excluding hydrogens is 280 g/mol. The van der Waals surface area contributed by atoms with E-state index in [2.05, 4.69) is 0 Å². The molecule has 0 aliphatic rings. The van der Waals surface area contributed by atoms with Gasteiger partial charge in [-0.3, -0.25) is 0 Å². The Bertz CT molecular complexity index is 649. The van der Waals surface area contributed by atoms with Gasteiger partial charge in [0.25, 0.3) is 0 Å². The van der Waals surface area contributed by atoms with Gasteiger partial charge < -0.3 is 13.9 Å². The third kappa shape index (κ3) is 4.38. The molecule has 0 saturated heterocycles. The summed E-state index contributed by atoms with van der Waals surface area (Å²) < 4.78 is 15.4. The standard InChI is InChI=1S/C18H18O4/c1-3-21-18(19)15(13-17-5-4-12-22-17)9-6-14-7-10-16(20-2)11-8-14/h4-13H,3H2,1-2H3/b9-6+,15-13+. The van der Waals surface area contributed by atoms with Crippen LogP contribution in [-0.2, 0) is 9.53 Å². The lowest BCUT2D eigenvalue weighted by molar-refractivity contribution is -0.138. The van der Waals surface area contributed by atoms with Gasteiger partial charge in [-0.1, -0.05) is 18.2 Å². The lowest BCUT2D eigenvalue weighted by Gasteiger charge is -2.03. The molecule has 0 atom stereocenters. The van der Waals surface area contributed by atoms with E-state index in [0.717, 1.165) is 11.3 Å². The zero-order chi connectivity index (χ0) is 15.8. The number of ether oxygens (including phenoxy) is 2. The maximum Gasteiger partial charge on any atom is 0.338 e. The Morgan fingerprint density at radius 1 is 1.23 bits per heavy atom. The van der Waals surface area contributed by atoms with Crippen LogP contribution in [0.25, 0.3) is 12.2 Å². The second-order valence-electron chi connectivity index (χ2n) is 4.44. The van der Waals surface area contributed by atoms with Gasteiger partial charge >= 0.3 is 5.97 Å². The molecule has 2 aromatic rings. The molecule has 1 aromatic carbocycles. The van der Waals surface area contributed by atoms with E-state index < -0.39 is 0 Å². The summed E-state index contributed by atoms with van der Waals surface area (Å²) in [7, 11) is 1.62. The molecule has 0 radical (unpaired) electrons. The van der Waals surface area contributed by atoms with Gasteiger partial charge in [0.2, 0.25) is 0 Å². The first-order chi connectivity index (χ1) is 10.7. The van der Waals surface area contributed by atoms with E-state index in [1.165, 1.54) is 0 Å². The van der Waals surface area contributed by atoms with E-state index in [0.29, 0.717) is 17.9 Å². The monoisotopic (exact) mass is 298 g/mol. The summed E-state index contributed by atoms with van der Waals surface area (Å²) in [6, 6.07) is 11.1.